The smallest absolute Gasteiger partial charge is 0.258 e. The van der Waals surface area contributed by atoms with Gasteiger partial charge in [-0.1, -0.05) is 17.7 Å². The Hall–Kier alpha value is -2.43. The molecular weight excluding hydrogens is 271 g/mol. The maximum atomic E-state index is 13.3. The van der Waals surface area contributed by atoms with E-state index >= 15 is 0 Å². The molecule has 0 fully saturated rings. The molecule has 0 radical (unpaired) electrons. The van der Waals surface area contributed by atoms with Gasteiger partial charge in [0, 0.05) is 6.20 Å². The van der Waals surface area contributed by atoms with Crippen LogP contribution in [0.2, 0.25) is 0 Å². The molecule has 0 saturated carbocycles. The van der Waals surface area contributed by atoms with Gasteiger partial charge < -0.3 is 10.1 Å². The van der Waals surface area contributed by atoms with E-state index in [-0.39, 0.29) is 24.8 Å². The van der Waals surface area contributed by atoms with Gasteiger partial charge in [-0.05, 0) is 37.6 Å². The molecule has 1 aromatic carbocycles. The van der Waals surface area contributed by atoms with E-state index in [1.807, 2.05) is 32.0 Å². The quantitative estimate of drug-likeness (QED) is 0.920. The number of benzene rings is 1. The summed E-state index contributed by atoms with van der Waals surface area (Å²) < 4.78 is 18.8. The van der Waals surface area contributed by atoms with Crippen LogP contribution in [0.1, 0.15) is 16.8 Å². The number of rotatable bonds is 5. The van der Waals surface area contributed by atoms with E-state index in [4.69, 9.17) is 4.74 Å². The van der Waals surface area contributed by atoms with Crippen LogP contribution >= 0.6 is 0 Å². The molecule has 0 bridgehead atoms. The number of aryl methyl sites for hydroxylation is 2. The van der Waals surface area contributed by atoms with Gasteiger partial charge in [0.25, 0.3) is 5.91 Å². The number of halogens is 1. The predicted molar refractivity (Wildman–Crippen MR) is 77.5 cm³/mol. The predicted octanol–water partition coefficient (Wildman–Crippen LogP) is 2.53. The summed E-state index contributed by atoms with van der Waals surface area (Å²) in [6.45, 7) is 3.84. The number of hydrogen-bond acceptors (Lipinski definition) is 3. The number of aromatic nitrogens is 1. The zero-order valence-corrected chi connectivity index (χ0v) is 12.0. The van der Waals surface area contributed by atoms with Crippen molar-refractivity contribution in [3.8, 4) is 5.75 Å². The Balaban J connectivity index is 1.84. The Morgan fingerprint density at radius 1 is 1.33 bits per heavy atom. The van der Waals surface area contributed by atoms with Gasteiger partial charge in [0.05, 0.1) is 12.2 Å². The van der Waals surface area contributed by atoms with E-state index < -0.39 is 5.82 Å². The van der Waals surface area contributed by atoms with Gasteiger partial charge in [0.2, 0.25) is 0 Å². The van der Waals surface area contributed by atoms with Crippen LogP contribution < -0.4 is 10.1 Å². The average molecular weight is 288 g/mol. The first kappa shape index (κ1) is 15.0. The summed E-state index contributed by atoms with van der Waals surface area (Å²) in [5.41, 5.74) is 2.31. The molecule has 21 heavy (non-hydrogen) atoms. The number of carbonyl (C=O) groups excluding carboxylic acids is 1. The van der Waals surface area contributed by atoms with E-state index in [0.29, 0.717) is 5.75 Å². The van der Waals surface area contributed by atoms with Gasteiger partial charge in [-0.25, -0.2) is 4.39 Å². The van der Waals surface area contributed by atoms with Crippen molar-refractivity contribution < 1.29 is 13.9 Å². The van der Waals surface area contributed by atoms with Crippen molar-refractivity contribution in [2.75, 3.05) is 6.61 Å². The number of pyridine rings is 1. The summed E-state index contributed by atoms with van der Waals surface area (Å²) in [5, 5.41) is 2.57. The van der Waals surface area contributed by atoms with Crippen LogP contribution in [0.25, 0.3) is 0 Å². The molecule has 0 spiro atoms. The lowest BCUT2D eigenvalue weighted by Gasteiger charge is -2.10. The van der Waals surface area contributed by atoms with Gasteiger partial charge in [-0.2, -0.15) is 0 Å². The minimum Gasteiger partial charge on any atom is -0.484 e. The van der Waals surface area contributed by atoms with E-state index in [2.05, 4.69) is 10.3 Å². The minimum absolute atomic E-state index is 0.0434. The summed E-state index contributed by atoms with van der Waals surface area (Å²) in [7, 11) is 0. The second-order valence-electron chi connectivity index (χ2n) is 4.77. The van der Waals surface area contributed by atoms with Gasteiger partial charge >= 0.3 is 0 Å². The lowest BCUT2D eigenvalue weighted by Crippen LogP contribution is -2.29. The normalized spacial score (nSPS) is 10.2. The van der Waals surface area contributed by atoms with Crippen LogP contribution in [0.15, 0.2) is 36.5 Å². The van der Waals surface area contributed by atoms with E-state index in [0.717, 1.165) is 11.1 Å². The van der Waals surface area contributed by atoms with Gasteiger partial charge in [0.1, 0.15) is 11.6 Å². The molecule has 0 aliphatic rings. The highest BCUT2D eigenvalue weighted by molar-refractivity contribution is 5.77. The van der Waals surface area contributed by atoms with E-state index in [1.165, 1.54) is 18.3 Å². The third-order valence-electron chi connectivity index (χ3n) is 2.98. The molecule has 0 aliphatic heterocycles. The monoisotopic (exact) mass is 288 g/mol. The fourth-order valence-corrected chi connectivity index (χ4v) is 1.89. The molecule has 2 aromatic rings. The highest BCUT2D eigenvalue weighted by Crippen LogP contribution is 2.18. The maximum absolute atomic E-state index is 13.3. The average Bonchev–Trinajstić information content (AvgIpc) is 2.45. The summed E-state index contributed by atoms with van der Waals surface area (Å²) in [4.78, 5) is 15.6. The van der Waals surface area contributed by atoms with Crippen molar-refractivity contribution in [1.82, 2.24) is 10.3 Å². The molecule has 0 unspecified atom stereocenters. The van der Waals surface area contributed by atoms with Crippen molar-refractivity contribution in [1.29, 1.82) is 0 Å². The third kappa shape index (κ3) is 4.27. The molecule has 1 aromatic heterocycles. The molecule has 5 heteroatoms. The molecule has 1 N–H and O–H groups in total. The van der Waals surface area contributed by atoms with E-state index in [9.17, 15) is 9.18 Å². The first-order chi connectivity index (χ1) is 10.1. The summed E-state index contributed by atoms with van der Waals surface area (Å²) in [5.74, 6) is -0.0899. The largest absolute Gasteiger partial charge is 0.484 e. The number of ether oxygens (including phenoxy) is 1. The van der Waals surface area contributed by atoms with Crippen LogP contribution in [-0.4, -0.2) is 17.5 Å². The second-order valence-corrected chi connectivity index (χ2v) is 4.77. The molecule has 0 saturated heterocycles. The van der Waals surface area contributed by atoms with Crippen molar-refractivity contribution in [2.45, 2.75) is 20.4 Å². The lowest BCUT2D eigenvalue weighted by molar-refractivity contribution is -0.123. The van der Waals surface area contributed by atoms with Crippen molar-refractivity contribution in [2.24, 2.45) is 0 Å². The van der Waals surface area contributed by atoms with Crippen LogP contribution in [0.4, 0.5) is 4.39 Å². The van der Waals surface area contributed by atoms with Gasteiger partial charge in [-0.3, -0.25) is 9.78 Å². The molecule has 2 rings (SSSR count). The molecule has 4 nitrogen and oxygen atoms in total. The third-order valence-corrected chi connectivity index (χ3v) is 2.98. The zero-order valence-electron chi connectivity index (χ0n) is 12.0. The number of nitrogens with zero attached hydrogens (tertiary/aromatic N) is 1. The molecular formula is C16H17FN2O2. The Labute approximate surface area is 123 Å². The Bertz CT molecular complexity index is 644. The highest BCUT2D eigenvalue weighted by Gasteiger charge is 2.07. The second kappa shape index (κ2) is 6.83. The van der Waals surface area contributed by atoms with Crippen LogP contribution in [0, 0.1) is 19.7 Å². The molecule has 1 heterocycles. The Kier molecular flexibility index (Phi) is 4.87. The maximum Gasteiger partial charge on any atom is 0.258 e. The molecule has 110 valence electrons. The fraction of sp³-hybridized carbons (Fsp3) is 0.250. The Morgan fingerprint density at radius 3 is 2.86 bits per heavy atom. The zero-order chi connectivity index (χ0) is 15.2. The standard InChI is InChI=1S/C16H17FN2O2/c1-11-5-6-15(12(2)8-11)21-10-16(20)19-9-14-13(17)4-3-7-18-14/h3-8H,9-10H2,1-2H3,(H,19,20). The van der Waals surface area contributed by atoms with Crippen molar-refractivity contribution in [3.63, 3.8) is 0 Å². The molecule has 1 amide bonds. The SMILES string of the molecule is Cc1ccc(OCC(=O)NCc2ncccc2F)c(C)c1. The van der Waals surface area contributed by atoms with Crippen molar-refractivity contribution >= 4 is 5.91 Å². The summed E-state index contributed by atoms with van der Waals surface area (Å²) >= 11 is 0. The van der Waals surface area contributed by atoms with Crippen LogP contribution in [-0.2, 0) is 11.3 Å². The minimum atomic E-state index is -0.437. The Morgan fingerprint density at radius 2 is 2.14 bits per heavy atom. The number of nitrogens with one attached hydrogen (secondary N) is 1. The molecule has 0 atom stereocenters. The van der Waals surface area contributed by atoms with Gasteiger partial charge in [-0.15, -0.1) is 0 Å². The number of carbonyl (C=O) groups is 1. The number of amides is 1. The lowest BCUT2D eigenvalue weighted by atomic mass is 10.1. The first-order valence-electron chi connectivity index (χ1n) is 6.62. The summed E-state index contributed by atoms with van der Waals surface area (Å²) in [6, 6.07) is 8.54. The number of hydrogen-bond donors (Lipinski definition) is 1. The van der Waals surface area contributed by atoms with E-state index in [1.54, 1.807) is 0 Å². The van der Waals surface area contributed by atoms with Crippen LogP contribution in [0.3, 0.4) is 0 Å². The topological polar surface area (TPSA) is 51.2 Å². The van der Waals surface area contributed by atoms with Crippen molar-refractivity contribution in [3.05, 3.63) is 59.2 Å². The first-order valence-corrected chi connectivity index (χ1v) is 6.62. The fourth-order valence-electron chi connectivity index (χ4n) is 1.89. The van der Waals surface area contributed by atoms with Gasteiger partial charge in [0.15, 0.2) is 6.61 Å². The van der Waals surface area contributed by atoms with Crippen LogP contribution in [0.5, 0.6) is 5.75 Å². The highest BCUT2D eigenvalue weighted by atomic mass is 19.1. The summed E-state index contributed by atoms with van der Waals surface area (Å²) in [6.07, 6.45) is 1.48. The molecule has 0 aliphatic carbocycles.